The zero-order valence-corrected chi connectivity index (χ0v) is 11.7. The molecular formula is C16H24FNO. The summed E-state index contributed by atoms with van der Waals surface area (Å²) in [6, 6.07) is 7.43. The van der Waals surface area contributed by atoms with Crippen molar-refractivity contribution in [1.29, 1.82) is 0 Å². The number of benzene rings is 1. The minimum absolute atomic E-state index is 0.145. The molecule has 1 aromatic rings. The molecule has 1 fully saturated rings. The van der Waals surface area contributed by atoms with E-state index in [0.717, 1.165) is 44.3 Å². The van der Waals surface area contributed by atoms with Crippen LogP contribution in [-0.4, -0.2) is 35.7 Å². The highest BCUT2D eigenvalue weighted by Gasteiger charge is 2.21. The fraction of sp³-hybridized carbons (Fsp3) is 0.625. The molecule has 1 aliphatic rings. The van der Waals surface area contributed by atoms with E-state index in [9.17, 15) is 4.39 Å². The minimum Gasteiger partial charge on any atom is -0.396 e. The number of nitrogens with zero attached hydrogens (tertiary/aromatic N) is 1. The van der Waals surface area contributed by atoms with Gasteiger partial charge in [0.2, 0.25) is 0 Å². The summed E-state index contributed by atoms with van der Waals surface area (Å²) in [7, 11) is 0. The van der Waals surface area contributed by atoms with Crippen LogP contribution >= 0.6 is 0 Å². The van der Waals surface area contributed by atoms with Crippen molar-refractivity contribution in [3.8, 4) is 0 Å². The first-order chi connectivity index (χ1) is 9.19. The van der Waals surface area contributed by atoms with E-state index >= 15 is 0 Å². The molecule has 0 spiro atoms. The van der Waals surface area contributed by atoms with Crippen LogP contribution in [0.4, 0.5) is 4.39 Å². The zero-order chi connectivity index (χ0) is 13.7. The van der Waals surface area contributed by atoms with Gasteiger partial charge in [-0.2, -0.15) is 0 Å². The number of hydrogen-bond donors (Lipinski definition) is 1. The Hall–Kier alpha value is -0.930. The van der Waals surface area contributed by atoms with Crippen molar-refractivity contribution >= 4 is 0 Å². The van der Waals surface area contributed by atoms with Gasteiger partial charge in [0, 0.05) is 12.6 Å². The Bertz CT molecular complexity index is 388. The molecule has 2 rings (SSSR count). The van der Waals surface area contributed by atoms with Crippen LogP contribution in [0.2, 0.25) is 0 Å². The highest BCUT2D eigenvalue weighted by Crippen LogP contribution is 2.20. The number of halogens is 1. The van der Waals surface area contributed by atoms with E-state index in [1.807, 2.05) is 6.07 Å². The molecule has 1 saturated heterocycles. The predicted molar refractivity (Wildman–Crippen MR) is 75.6 cm³/mol. The van der Waals surface area contributed by atoms with Gasteiger partial charge in [-0.25, -0.2) is 4.39 Å². The van der Waals surface area contributed by atoms with Gasteiger partial charge >= 0.3 is 0 Å². The van der Waals surface area contributed by atoms with E-state index in [4.69, 9.17) is 5.11 Å². The standard InChI is InChI=1S/C16H24FNO/c1-13(18-9-7-15(12-19)8-10-18)5-6-14-3-2-4-16(17)11-14/h2-4,11,13,15,19H,5-10,12H2,1H3/t13-/m1/s1. The first-order valence-electron chi connectivity index (χ1n) is 7.28. The number of hydrogen-bond acceptors (Lipinski definition) is 2. The summed E-state index contributed by atoms with van der Waals surface area (Å²) in [5, 5.41) is 9.14. The van der Waals surface area contributed by atoms with Crippen molar-refractivity contribution in [2.75, 3.05) is 19.7 Å². The van der Waals surface area contributed by atoms with Crippen LogP contribution < -0.4 is 0 Å². The first kappa shape index (κ1) is 14.5. The maximum atomic E-state index is 13.1. The van der Waals surface area contributed by atoms with Crippen molar-refractivity contribution in [1.82, 2.24) is 4.90 Å². The summed E-state index contributed by atoms with van der Waals surface area (Å²) in [5.74, 6) is 0.348. The van der Waals surface area contributed by atoms with Gasteiger partial charge in [-0.1, -0.05) is 12.1 Å². The molecule has 0 amide bonds. The zero-order valence-electron chi connectivity index (χ0n) is 11.7. The highest BCUT2D eigenvalue weighted by molar-refractivity contribution is 5.16. The second-order valence-corrected chi connectivity index (χ2v) is 5.68. The fourth-order valence-corrected chi connectivity index (χ4v) is 2.83. The van der Waals surface area contributed by atoms with Crippen molar-refractivity contribution < 1.29 is 9.50 Å². The van der Waals surface area contributed by atoms with E-state index < -0.39 is 0 Å². The van der Waals surface area contributed by atoms with Crippen LogP contribution in [0.5, 0.6) is 0 Å². The quantitative estimate of drug-likeness (QED) is 0.885. The van der Waals surface area contributed by atoms with Crippen LogP contribution in [0.3, 0.4) is 0 Å². The Kier molecular flexibility index (Phi) is 5.34. The van der Waals surface area contributed by atoms with Crippen molar-refractivity contribution in [2.24, 2.45) is 5.92 Å². The predicted octanol–water partition coefficient (Wildman–Crippen LogP) is 2.85. The van der Waals surface area contributed by atoms with E-state index in [1.54, 1.807) is 12.1 Å². The van der Waals surface area contributed by atoms with E-state index in [1.165, 1.54) is 6.07 Å². The third-order valence-electron chi connectivity index (χ3n) is 4.27. The molecule has 1 heterocycles. The molecule has 0 unspecified atom stereocenters. The van der Waals surface area contributed by atoms with Gasteiger partial charge in [0.25, 0.3) is 0 Å². The third kappa shape index (κ3) is 4.29. The van der Waals surface area contributed by atoms with Crippen LogP contribution in [-0.2, 0) is 6.42 Å². The maximum absolute atomic E-state index is 13.1. The highest BCUT2D eigenvalue weighted by atomic mass is 19.1. The lowest BCUT2D eigenvalue weighted by atomic mass is 9.95. The molecule has 0 bridgehead atoms. The molecule has 3 heteroatoms. The molecular weight excluding hydrogens is 241 g/mol. The SMILES string of the molecule is C[C@H](CCc1cccc(F)c1)N1CCC(CO)CC1. The first-order valence-corrected chi connectivity index (χ1v) is 7.28. The normalized spacial score (nSPS) is 19.5. The van der Waals surface area contributed by atoms with Crippen LogP contribution in [0.1, 0.15) is 31.7 Å². The van der Waals surface area contributed by atoms with Gasteiger partial charge in [-0.05, 0) is 69.3 Å². The second kappa shape index (κ2) is 7.01. The Morgan fingerprint density at radius 1 is 1.37 bits per heavy atom. The number of rotatable bonds is 5. The molecule has 0 aliphatic carbocycles. The van der Waals surface area contributed by atoms with E-state index in [2.05, 4.69) is 11.8 Å². The molecule has 0 aromatic heterocycles. The van der Waals surface area contributed by atoms with Crippen molar-refractivity contribution in [3.05, 3.63) is 35.6 Å². The van der Waals surface area contributed by atoms with Crippen LogP contribution in [0, 0.1) is 11.7 Å². The van der Waals surface area contributed by atoms with E-state index in [-0.39, 0.29) is 5.82 Å². The summed E-state index contributed by atoms with van der Waals surface area (Å²) in [4.78, 5) is 2.49. The molecule has 1 atom stereocenters. The fourth-order valence-electron chi connectivity index (χ4n) is 2.83. The van der Waals surface area contributed by atoms with Crippen molar-refractivity contribution in [3.63, 3.8) is 0 Å². The molecule has 1 N–H and O–H groups in total. The summed E-state index contributed by atoms with van der Waals surface area (Å²) in [6.07, 6.45) is 4.19. The van der Waals surface area contributed by atoms with Gasteiger partial charge in [0.05, 0.1) is 0 Å². The molecule has 1 aromatic carbocycles. The van der Waals surface area contributed by atoms with Crippen molar-refractivity contribution in [2.45, 2.75) is 38.6 Å². The van der Waals surface area contributed by atoms with Gasteiger partial charge in [0.1, 0.15) is 5.82 Å². The molecule has 19 heavy (non-hydrogen) atoms. The van der Waals surface area contributed by atoms with Gasteiger partial charge in [0.15, 0.2) is 0 Å². The summed E-state index contributed by atoms with van der Waals surface area (Å²) >= 11 is 0. The number of aliphatic hydroxyl groups excluding tert-OH is 1. The van der Waals surface area contributed by atoms with Crippen LogP contribution in [0.25, 0.3) is 0 Å². The number of piperidine rings is 1. The lowest BCUT2D eigenvalue weighted by Gasteiger charge is -2.35. The second-order valence-electron chi connectivity index (χ2n) is 5.68. The molecule has 1 aliphatic heterocycles. The lowest BCUT2D eigenvalue weighted by molar-refractivity contribution is 0.103. The lowest BCUT2D eigenvalue weighted by Crippen LogP contribution is -2.40. The Balaban J connectivity index is 1.77. The van der Waals surface area contributed by atoms with Crippen LogP contribution in [0.15, 0.2) is 24.3 Å². The Labute approximate surface area is 115 Å². The Morgan fingerprint density at radius 3 is 2.74 bits per heavy atom. The maximum Gasteiger partial charge on any atom is 0.123 e. The molecule has 2 nitrogen and oxygen atoms in total. The average molecular weight is 265 g/mol. The summed E-state index contributed by atoms with van der Waals surface area (Å²) < 4.78 is 13.1. The van der Waals surface area contributed by atoms with Gasteiger partial charge in [-0.15, -0.1) is 0 Å². The van der Waals surface area contributed by atoms with Gasteiger partial charge in [-0.3, -0.25) is 0 Å². The third-order valence-corrected chi connectivity index (χ3v) is 4.27. The smallest absolute Gasteiger partial charge is 0.123 e. The number of aryl methyl sites for hydroxylation is 1. The number of aliphatic hydroxyl groups is 1. The topological polar surface area (TPSA) is 23.5 Å². The molecule has 0 radical (unpaired) electrons. The Morgan fingerprint density at radius 2 is 2.11 bits per heavy atom. The molecule has 106 valence electrons. The monoisotopic (exact) mass is 265 g/mol. The molecule has 0 saturated carbocycles. The number of likely N-dealkylation sites (tertiary alicyclic amines) is 1. The van der Waals surface area contributed by atoms with Gasteiger partial charge < -0.3 is 10.0 Å². The largest absolute Gasteiger partial charge is 0.396 e. The average Bonchev–Trinajstić information content (AvgIpc) is 2.45. The minimum atomic E-state index is -0.145. The summed E-state index contributed by atoms with van der Waals surface area (Å²) in [6.45, 7) is 4.73. The van der Waals surface area contributed by atoms with E-state index in [0.29, 0.717) is 18.6 Å². The summed E-state index contributed by atoms with van der Waals surface area (Å²) in [5.41, 5.74) is 1.08.